The summed E-state index contributed by atoms with van der Waals surface area (Å²) in [4.78, 5) is 12.2. The predicted molar refractivity (Wildman–Crippen MR) is 83.5 cm³/mol. The zero-order valence-corrected chi connectivity index (χ0v) is 12.2. The van der Waals surface area contributed by atoms with Gasteiger partial charge in [-0.25, -0.2) is 0 Å². The Morgan fingerprint density at radius 3 is 2.52 bits per heavy atom. The Balaban J connectivity index is 1.64. The Hall–Kier alpha value is -1.83. The molecule has 4 rings (SSSR count). The van der Waals surface area contributed by atoms with E-state index < -0.39 is 0 Å². The molecule has 2 aromatic rings. The van der Waals surface area contributed by atoms with Crippen LogP contribution >= 0.6 is 0 Å². The fourth-order valence-electron chi connectivity index (χ4n) is 4.01. The molecule has 0 radical (unpaired) electrons. The number of rotatable bonds is 2. The van der Waals surface area contributed by atoms with Crippen molar-refractivity contribution in [3.8, 4) is 5.75 Å². The lowest BCUT2D eigenvalue weighted by Crippen LogP contribution is -2.57. The van der Waals surface area contributed by atoms with Crippen molar-refractivity contribution in [3.05, 3.63) is 42.5 Å². The van der Waals surface area contributed by atoms with E-state index in [1.165, 1.54) is 24.6 Å². The molecule has 21 heavy (non-hydrogen) atoms. The monoisotopic (exact) mass is 280 g/mol. The van der Waals surface area contributed by atoms with Gasteiger partial charge in [0.25, 0.3) is 0 Å². The van der Waals surface area contributed by atoms with Gasteiger partial charge in [-0.3, -0.25) is 4.79 Å². The van der Waals surface area contributed by atoms with Crippen molar-refractivity contribution < 1.29 is 9.53 Å². The molecule has 0 saturated heterocycles. The van der Waals surface area contributed by atoms with Crippen LogP contribution in [-0.2, 0) is 4.79 Å². The molecule has 2 aliphatic rings. The zero-order chi connectivity index (χ0) is 14.3. The van der Waals surface area contributed by atoms with E-state index in [0.29, 0.717) is 12.2 Å². The first kappa shape index (κ1) is 12.9. The molecule has 2 nitrogen and oxygen atoms in total. The highest BCUT2D eigenvalue weighted by molar-refractivity contribution is 5.93. The van der Waals surface area contributed by atoms with Crippen LogP contribution in [0.3, 0.4) is 0 Å². The number of hydrogen-bond acceptors (Lipinski definition) is 2. The van der Waals surface area contributed by atoms with E-state index in [0.717, 1.165) is 24.0 Å². The lowest BCUT2D eigenvalue weighted by Gasteiger charge is -2.49. The van der Waals surface area contributed by atoms with E-state index in [-0.39, 0.29) is 11.5 Å². The third-order valence-electron chi connectivity index (χ3n) is 5.31. The third kappa shape index (κ3) is 1.97. The quantitative estimate of drug-likeness (QED) is 0.809. The number of hydrogen-bond donors (Lipinski definition) is 0. The van der Waals surface area contributed by atoms with Crippen LogP contribution in [0.15, 0.2) is 42.5 Å². The van der Waals surface area contributed by atoms with Crippen molar-refractivity contribution in [2.45, 2.75) is 44.6 Å². The molecule has 2 saturated carbocycles. The molecule has 108 valence electrons. The van der Waals surface area contributed by atoms with Gasteiger partial charge in [-0.1, -0.05) is 55.7 Å². The van der Waals surface area contributed by atoms with E-state index in [1.54, 1.807) is 0 Å². The maximum absolute atomic E-state index is 12.2. The second-order valence-corrected chi connectivity index (χ2v) is 6.43. The lowest BCUT2D eigenvalue weighted by atomic mass is 9.57. The lowest BCUT2D eigenvalue weighted by molar-refractivity contribution is -0.156. The second kappa shape index (κ2) is 4.87. The Morgan fingerprint density at radius 2 is 1.71 bits per heavy atom. The number of carbonyl (C=O) groups is 1. The number of ketones is 1. The van der Waals surface area contributed by atoms with E-state index in [4.69, 9.17) is 4.74 Å². The highest BCUT2D eigenvalue weighted by Crippen LogP contribution is 2.50. The topological polar surface area (TPSA) is 26.3 Å². The second-order valence-electron chi connectivity index (χ2n) is 6.43. The summed E-state index contributed by atoms with van der Waals surface area (Å²) >= 11 is 0. The molecule has 2 heteroatoms. The Bertz CT molecular complexity index is 678. The summed E-state index contributed by atoms with van der Waals surface area (Å²) < 4.78 is 6.31. The van der Waals surface area contributed by atoms with Gasteiger partial charge in [0, 0.05) is 11.8 Å². The fraction of sp³-hybridized carbons (Fsp3) is 0.421. The molecule has 0 amide bonds. The summed E-state index contributed by atoms with van der Waals surface area (Å²) in [5, 5.41) is 2.34. The number of benzene rings is 2. The van der Waals surface area contributed by atoms with Crippen molar-refractivity contribution >= 4 is 16.6 Å². The predicted octanol–water partition coefficient (Wildman–Crippen LogP) is 4.51. The van der Waals surface area contributed by atoms with E-state index in [9.17, 15) is 4.79 Å². The van der Waals surface area contributed by atoms with Gasteiger partial charge < -0.3 is 4.74 Å². The molecule has 0 aromatic heterocycles. The first-order valence-electron chi connectivity index (χ1n) is 7.97. The van der Waals surface area contributed by atoms with Crippen LogP contribution in [0.4, 0.5) is 0 Å². The molecule has 0 heterocycles. The molecular weight excluding hydrogens is 260 g/mol. The van der Waals surface area contributed by atoms with E-state index >= 15 is 0 Å². The number of fused-ring (bicyclic) bond motifs is 1. The molecule has 1 atom stereocenters. The van der Waals surface area contributed by atoms with Gasteiger partial charge in [0.05, 0.1) is 5.41 Å². The highest BCUT2D eigenvalue weighted by atomic mass is 16.5. The van der Waals surface area contributed by atoms with Gasteiger partial charge in [0.2, 0.25) is 0 Å². The highest BCUT2D eigenvalue weighted by Gasteiger charge is 2.56. The maximum atomic E-state index is 12.2. The SMILES string of the molecule is O=C1CC(Oc2cccc3ccccc23)C12CCCCC2. The van der Waals surface area contributed by atoms with Crippen LogP contribution in [0.5, 0.6) is 5.75 Å². The fourth-order valence-corrected chi connectivity index (χ4v) is 4.01. The average Bonchev–Trinajstić information content (AvgIpc) is 2.55. The van der Waals surface area contributed by atoms with Crippen molar-refractivity contribution in [2.75, 3.05) is 0 Å². The number of ether oxygens (including phenoxy) is 1. The first-order chi connectivity index (χ1) is 10.3. The molecule has 2 fully saturated rings. The molecule has 0 bridgehead atoms. The van der Waals surface area contributed by atoms with Crippen molar-refractivity contribution in [1.82, 2.24) is 0 Å². The van der Waals surface area contributed by atoms with Gasteiger partial charge >= 0.3 is 0 Å². The van der Waals surface area contributed by atoms with Crippen molar-refractivity contribution in [1.29, 1.82) is 0 Å². The molecule has 1 unspecified atom stereocenters. The largest absolute Gasteiger partial charge is 0.488 e. The summed E-state index contributed by atoms with van der Waals surface area (Å²) in [5.41, 5.74) is -0.171. The van der Waals surface area contributed by atoms with Gasteiger partial charge in [-0.2, -0.15) is 0 Å². The summed E-state index contributed by atoms with van der Waals surface area (Å²) in [6.45, 7) is 0. The Morgan fingerprint density at radius 1 is 0.952 bits per heavy atom. The minimum atomic E-state index is -0.171. The smallest absolute Gasteiger partial charge is 0.146 e. The summed E-state index contributed by atoms with van der Waals surface area (Å²) in [6.07, 6.45) is 6.29. The number of Topliss-reactive ketones (excluding diaryl/α,β-unsaturated/α-hetero) is 1. The number of carbonyl (C=O) groups excluding carboxylic acids is 1. The minimum Gasteiger partial charge on any atom is -0.488 e. The van der Waals surface area contributed by atoms with E-state index in [2.05, 4.69) is 18.2 Å². The molecular formula is C19H20O2. The molecule has 0 aliphatic heterocycles. The summed E-state index contributed by atoms with van der Waals surface area (Å²) in [6, 6.07) is 14.4. The Labute approximate surface area is 125 Å². The van der Waals surface area contributed by atoms with Crippen LogP contribution in [-0.4, -0.2) is 11.9 Å². The van der Waals surface area contributed by atoms with Crippen molar-refractivity contribution in [3.63, 3.8) is 0 Å². The van der Waals surface area contributed by atoms with Crippen molar-refractivity contribution in [2.24, 2.45) is 5.41 Å². The van der Waals surface area contributed by atoms with Crippen LogP contribution in [0.1, 0.15) is 38.5 Å². The first-order valence-corrected chi connectivity index (χ1v) is 7.97. The van der Waals surface area contributed by atoms with Gasteiger partial charge in [0.1, 0.15) is 17.6 Å². The van der Waals surface area contributed by atoms with Gasteiger partial charge in [-0.15, -0.1) is 0 Å². The maximum Gasteiger partial charge on any atom is 0.146 e. The Kier molecular flexibility index (Phi) is 2.99. The molecule has 2 aliphatic carbocycles. The summed E-state index contributed by atoms with van der Waals surface area (Å²) in [5.74, 6) is 1.35. The normalized spacial score (nSPS) is 24.0. The van der Waals surface area contributed by atoms with E-state index in [1.807, 2.05) is 24.3 Å². The standard InChI is InChI=1S/C19H20O2/c20-17-13-18(19(17)11-4-1-5-12-19)21-16-10-6-8-14-7-2-3-9-15(14)16/h2-3,6-10,18H,1,4-5,11-13H2. The van der Waals surface area contributed by atoms with Crippen LogP contribution in [0.2, 0.25) is 0 Å². The third-order valence-corrected chi connectivity index (χ3v) is 5.31. The zero-order valence-electron chi connectivity index (χ0n) is 12.2. The molecule has 0 N–H and O–H groups in total. The molecule has 2 aromatic carbocycles. The summed E-state index contributed by atoms with van der Waals surface area (Å²) in [7, 11) is 0. The van der Waals surface area contributed by atoms with Gasteiger partial charge in [-0.05, 0) is 24.3 Å². The van der Waals surface area contributed by atoms with Gasteiger partial charge in [0.15, 0.2) is 0 Å². The van der Waals surface area contributed by atoms with Crippen LogP contribution < -0.4 is 4.74 Å². The van der Waals surface area contributed by atoms with Crippen LogP contribution in [0, 0.1) is 5.41 Å². The average molecular weight is 280 g/mol. The van der Waals surface area contributed by atoms with Crippen LogP contribution in [0.25, 0.3) is 10.8 Å². The minimum absolute atomic E-state index is 0.0797. The molecule has 1 spiro atoms.